The third-order valence-corrected chi connectivity index (χ3v) is 4.19. The average molecular weight is 432 g/mol. The van der Waals surface area contributed by atoms with Crippen LogP contribution in [0.2, 0.25) is 0 Å². The number of carbonyl (C=O) groups is 2. The molecule has 0 fully saturated rings. The van der Waals surface area contributed by atoms with E-state index in [0.29, 0.717) is 11.5 Å². The van der Waals surface area contributed by atoms with Crippen molar-refractivity contribution < 1.29 is 14.3 Å². The zero-order valence-corrected chi connectivity index (χ0v) is 17.1. The highest BCUT2D eigenvalue weighted by Gasteiger charge is 2.07. The maximum absolute atomic E-state index is 12.0. The standard InChI is InChI=1S/C20H22BrN3O3/c1-13-4-7-16(8-5-13)22-19(25)11-15(3)23-24-20(26)12-27-18-9-6-14(2)10-17(18)21/h4-10H,11-12H2,1-3H3,(H,22,25)(H,24,26)/b23-15+. The van der Waals surface area contributed by atoms with E-state index in [1.807, 2.05) is 50.2 Å². The van der Waals surface area contributed by atoms with Gasteiger partial charge in [-0.15, -0.1) is 0 Å². The van der Waals surface area contributed by atoms with Crippen molar-refractivity contribution in [2.45, 2.75) is 27.2 Å². The Morgan fingerprint density at radius 2 is 1.70 bits per heavy atom. The molecule has 27 heavy (non-hydrogen) atoms. The van der Waals surface area contributed by atoms with E-state index in [9.17, 15) is 9.59 Å². The zero-order chi connectivity index (χ0) is 19.8. The van der Waals surface area contributed by atoms with Gasteiger partial charge in [0.15, 0.2) is 6.61 Å². The first-order valence-electron chi connectivity index (χ1n) is 8.41. The van der Waals surface area contributed by atoms with Gasteiger partial charge in [-0.25, -0.2) is 5.43 Å². The van der Waals surface area contributed by atoms with Gasteiger partial charge in [-0.2, -0.15) is 5.10 Å². The molecule has 2 aromatic rings. The van der Waals surface area contributed by atoms with E-state index in [1.54, 1.807) is 13.0 Å². The predicted octanol–water partition coefficient (Wildman–Crippen LogP) is 3.97. The number of anilines is 1. The quantitative estimate of drug-likeness (QED) is 0.514. The molecule has 2 aromatic carbocycles. The van der Waals surface area contributed by atoms with Gasteiger partial charge in [0.25, 0.3) is 5.91 Å². The smallest absolute Gasteiger partial charge is 0.277 e. The Labute approximate surface area is 167 Å². The van der Waals surface area contributed by atoms with Crippen LogP contribution in [0, 0.1) is 13.8 Å². The van der Waals surface area contributed by atoms with Gasteiger partial charge >= 0.3 is 0 Å². The van der Waals surface area contributed by atoms with Crippen molar-refractivity contribution >= 4 is 39.1 Å². The largest absolute Gasteiger partial charge is 0.483 e. The first-order valence-corrected chi connectivity index (χ1v) is 9.20. The van der Waals surface area contributed by atoms with Crippen molar-refractivity contribution in [2.24, 2.45) is 5.10 Å². The van der Waals surface area contributed by atoms with Crippen molar-refractivity contribution in [3.8, 4) is 5.75 Å². The summed E-state index contributed by atoms with van der Waals surface area (Å²) in [5, 5.41) is 6.72. The Morgan fingerprint density at radius 3 is 2.37 bits per heavy atom. The van der Waals surface area contributed by atoms with Crippen LogP contribution in [0.3, 0.4) is 0 Å². The van der Waals surface area contributed by atoms with Crippen LogP contribution in [0.25, 0.3) is 0 Å². The molecule has 0 unspecified atom stereocenters. The van der Waals surface area contributed by atoms with Crippen molar-refractivity contribution in [1.29, 1.82) is 0 Å². The number of amides is 2. The number of aryl methyl sites for hydroxylation is 2. The van der Waals surface area contributed by atoms with E-state index >= 15 is 0 Å². The van der Waals surface area contributed by atoms with Crippen LogP contribution in [-0.2, 0) is 9.59 Å². The normalized spacial score (nSPS) is 11.0. The molecule has 7 heteroatoms. The van der Waals surface area contributed by atoms with Crippen molar-refractivity contribution in [3.05, 3.63) is 58.1 Å². The Bertz CT molecular complexity index is 848. The Hall–Kier alpha value is -2.67. The molecule has 0 radical (unpaired) electrons. The fourth-order valence-electron chi connectivity index (χ4n) is 2.17. The molecular formula is C20H22BrN3O3. The molecule has 0 aromatic heterocycles. The van der Waals surface area contributed by atoms with Gasteiger partial charge in [0.05, 0.1) is 10.9 Å². The van der Waals surface area contributed by atoms with Crippen LogP contribution >= 0.6 is 15.9 Å². The van der Waals surface area contributed by atoms with Crippen molar-refractivity contribution in [1.82, 2.24) is 5.43 Å². The predicted molar refractivity (Wildman–Crippen MR) is 110 cm³/mol. The summed E-state index contributed by atoms with van der Waals surface area (Å²) in [7, 11) is 0. The van der Waals surface area contributed by atoms with Gasteiger partial charge in [-0.1, -0.05) is 23.8 Å². The monoisotopic (exact) mass is 431 g/mol. The van der Waals surface area contributed by atoms with Gasteiger partial charge in [0.2, 0.25) is 5.91 Å². The highest BCUT2D eigenvalue weighted by Crippen LogP contribution is 2.25. The van der Waals surface area contributed by atoms with Gasteiger partial charge < -0.3 is 10.1 Å². The molecule has 0 bridgehead atoms. The Kier molecular flexibility index (Phi) is 7.55. The van der Waals surface area contributed by atoms with Crippen LogP contribution in [0.5, 0.6) is 5.75 Å². The third kappa shape index (κ3) is 7.22. The maximum atomic E-state index is 12.0. The van der Waals surface area contributed by atoms with Crippen LogP contribution in [0.15, 0.2) is 52.0 Å². The van der Waals surface area contributed by atoms with E-state index in [1.165, 1.54) is 0 Å². The van der Waals surface area contributed by atoms with Gasteiger partial charge in [-0.3, -0.25) is 9.59 Å². The highest BCUT2D eigenvalue weighted by atomic mass is 79.9. The van der Waals surface area contributed by atoms with Crippen molar-refractivity contribution in [3.63, 3.8) is 0 Å². The molecule has 0 aliphatic rings. The van der Waals surface area contributed by atoms with E-state index in [2.05, 4.69) is 31.8 Å². The third-order valence-electron chi connectivity index (χ3n) is 3.57. The van der Waals surface area contributed by atoms with Gasteiger partial charge in [0, 0.05) is 11.4 Å². The lowest BCUT2D eigenvalue weighted by Crippen LogP contribution is -2.26. The van der Waals surface area contributed by atoms with E-state index in [-0.39, 0.29) is 18.9 Å². The summed E-state index contributed by atoms with van der Waals surface area (Å²) in [5.41, 5.74) is 5.81. The lowest BCUT2D eigenvalue weighted by Gasteiger charge is -2.08. The number of ether oxygens (including phenoxy) is 1. The number of hydrogen-bond donors (Lipinski definition) is 2. The summed E-state index contributed by atoms with van der Waals surface area (Å²) < 4.78 is 6.23. The molecule has 0 atom stereocenters. The van der Waals surface area contributed by atoms with Crippen molar-refractivity contribution in [2.75, 3.05) is 11.9 Å². The van der Waals surface area contributed by atoms with Crippen LogP contribution in [-0.4, -0.2) is 24.1 Å². The molecule has 6 nitrogen and oxygen atoms in total. The molecule has 0 aliphatic heterocycles. The molecule has 2 rings (SSSR count). The molecule has 2 amide bonds. The maximum Gasteiger partial charge on any atom is 0.277 e. The van der Waals surface area contributed by atoms with Crippen LogP contribution in [0.4, 0.5) is 5.69 Å². The SMILES string of the molecule is C/C(CC(=O)Nc1ccc(C)cc1)=N\NC(=O)COc1ccc(C)cc1Br. The van der Waals surface area contributed by atoms with Gasteiger partial charge in [0.1, 0.15) is 5.75 Å². The molecule has 0 saturated heterocycles. The minimum atomic E-state index is -0.402. The second-order valence-electron chi connectivity index (χ2n) is 6.20. The minimum Gasteiger partial charge on any atom is -0.483 e. The van der Waals surface area contributed by atoms with E-state index < -0.39 is 5.91 Å². The molecule has 2 N–H and O–H groups in total. The minimum absolute atomic E-state index is 0.0819. The number of halogens is 1. The number of rotatable bonds is 7. The van der Waals surface area contributed by atoms with E-state index in [0.717, 1.165) is 21.3 Å². The lowest BCUT2D eigenvalue weighted by molar-refractivity contribution is -0.123. The summed E-state index contributed by atoms with van der Waals surface area (Å²) in [5.74, 6) is -0.0242. The first-order chi connectivity index (χ1) is 12.8. The summed E-state index contributed by atoms with van der Waals surface area (Å²) in [6, 6.07) is 13.1. The molecule has 142 valence electrons. The second kappa shape index (κ2) is 9.87. The summed E-state index contributed by atoms with van der Waals surface area (Å²) in [6.07, 6.45) is 0.0819. The number of carbonyl (C=O) groups excluding carboxylic acids is 2. The molecule has 0 spiro atoms. The molecule has 0 heterocycles. The highest BCUT2D eigenvalue weighted by molar-refractivity contribution is 9.10. The lowest BCUT2D eigenvalue weighted by atomic mass is 10.2. The topological polar surface area (TPSA) is 79.8 Å². The van der Waals surface area contributed by atoms with Crippen LogP contribution < -0.4 is 15.5 Å². The summed E-state index contributed by atoms with van der Waals surface area (Å²) in [4.78, 5) is 23.8. The Morgan fingerprint density at radius 1 is 1.04 bits per heavy atom. The summed E-state index contributed by atoms with van der Waals surface area (Å²) in [6.45, 7) is 5.44. The number of hydrazone groups is 1. The fraction of sp³-hybridized carbons (Fsp3) is 0.250. The Balaban J connectivity index is 1.77. The molecule has 0 aliphatic carbocycles. The van der Waals surface area contributed by atoms with E-state index in [4.69, 9.17) is 4.74 Å². The number of hydrogen-bond acceptors (Lipinski definition) is 4. The fourth-order valence-corrected chi connectivity index (χ4v) is 2.78. The first kappa shape index (κ1) is 20.6. The molecular weight excluding hydrogens is 410 g/mol. The number of benzene rings is 2. The zero-order valence-electron chi connectivity index (χ0n) is 15.5. The second-order valence-corrected chi connectivity index (χ2v) is 7.05. The average Bonchev–Trinajstić information content (AvgIpc) is 2.61. The number of nitrogens with one attached hydrogen (secondary N) is 2. The summed E-state index contributed by atoms with van der Waals surface area (Å²) >= 11 is 3.39. The number of nitrogens with zero attached hydrogens (tertiary/aromatic N) is 1. The van der Waals surface area contributed by atoms with Gasteiger partial charge in [-0.05, 0) is 66.5 Å². The molecule has 0 saturated carbocycles. The van der Waals surface area contributed by atoms with Crippen LogP contribution in [0.1, 0.15) is 24.5 Å².